The van der Waals surface area contributed by atoms with Crippen LogP contribution in [0, 0.1) is 0 Å². The Morgan fingerprint density at radius 2 is 1.85 bits per heavy atom. The molecule has 4 nitrogen and oxygen atoms in total. The molecule has 0 aliphatic carbocycles. The van der Waals surface area contributed by atoms with Crippen molar-refractivity contribution >= 4 is 34.5 Å². The topological polar surface area (TPSA) is 49.4 Å². The largest absolute Gasteiger partial charge is 0.321 e. The third kappa shape index (κ3) is 4.07. The molecule has 2 amide bonds. The van der Waals surface area contributed by atoms with Crippen LogP contribution in [0.3, 0.4) is 0 Å². The van der Waals surface area contributed by atoms with Gasteiger partial charge in [-0.25, -0.2) is 0 Å². The van der Waals surface area contributed by atoms with Crippen molar-refractivity contribution < 1.29 is 9.59 Å². The van der Waals surface area contributed by atoms with Crippen LogP contribution >= 0.6 is 11.3 Å². The first kappa shape index (κ1) is 17.6. The van der Waals surface area contributed by atoms with E-state index >= 15 is 0 Å². The molecule has 1 heterocycles. The SMILES string of the molecule is C=CCN(C(=O)c1cccc(NC(=O)c2cccs2)c1)c1ccccc1. The molecule has 3 rings (SSSR count). The van der Waals surface area contributed by atoms with E-state index < -0.39 is 0 Å². The van der Waals surface area contributed by atoms with Crippen LogP contribution in [0.4, 0.5) is 11.4 Å². The molecule has 5 heteroatoms. The zero-order valence-corrected chi connectivity index (χ0v) is 14.9. The van der Waals surface area contributed by atoms with Crippen LogP contribution in [0.15, 0.2) is 84.8 Å². The minimum atomic E-state index is -0.185. The van der Waals surface area contributed by atoms with Gasteiger partial charge in [0.05, 0.1) is 4.88 Å². The van der Waals surface area contributed by atoms with E-state index in [1.807, 2.05) is 41.8 Å². The van der Waals surface area contributed by atoms with E-state index in [4.69, 9.17) is 0 Å². The highest BCUT2D eigenvalue weighted by Gasteiger charge is 2.17. The standard InChI is InChI=1S/C21H18N2O2S/c1-2-13-23(18-10-4-3-5-11-18)21(25)16-8-6-9-17(15-16)22-20(24)19-12-7-14-26-19/h2-12,14-15H,1,13H2,(H,22,24). The predicted octanol–water partition coefficient (Wildman–Crippen LogP) is 4.83. The van der Waals surface area contributed by atoms with E-state index in [2.05, 4.69) is 11.9 Å². The number of nitrogens with one attached hydrogen (secondary N) is 1. The van der Waals surface area contributed by atoms with Crippen LogP contribution in [0.2, 0.25) is 0 Å². The van der Waals surface area contributed by atoms with Crippen molar-refractivity contribution in [3.8, 4) is 0 Å². The molecule has 0 atom stereocenters. The highest BCUT2D eigenvalue weighted by atomic mass is 32.1. The quantitative estimate of drug-likeness (QED) is 0.638. The Hall–Kier alpha value is -3.18. The van der Waals surface area contributed by atoms with Crippen LogP contribution in [-0.2, 0) is 0 Å². The highest BCUT2D eigenvalue weighted by Crippen LogP contribution is 2.20. The lowest BCUT2D eigenvalue weighted by molar-refractivity contribution is 0.0987. The number of rotatable bonds is 6. The van der Waals surface area contributed by atoms with Crippen molar-refractivity contribution in [2.45, 2.75) is 0 Å². The van der Waals surface area contributed by atoms with Gasteiger partial charge in [0.2, 0.25) is 0 Å². The number of hydrogen-bond donors (Lipinski definition) is 1. The summed E-state index contributed by atoms with van der Waals surface area (Å²) in [6.45, 7) is 4.14. The summed E-state index contributed by atoms with van der Waals surface area (Å²) in [6.07, 6.45) is 1.69. The third-order valence-corrected chi connectivity index (χ3v) is 4.61. The molecule has 1 aromatic heterocycles. The Labute approximate surface area is 156 Å². The molecule has 0 spiro atoms. The van der Waals surface area contributed by atoms with E-state index in [0.717, 1.165) is 5.69 Å². The van der Waals surface area contributed by atoms with Gasteiger partial charge in [0.1, 0.15) is 0 Å². The molecule has 0 aliphatic heterocycles. The maximum atomic E-state index is 13.0. The zero-order chi connectivity index (χ0) is 18.4. The number of carbonyl (C=O) groups excluding carboxylic acids is 2. The maximum absolute atomic E-state index is 13.0. The van der Waals surface area contributed by atoms with Gasteiger partial charge in [-0.15, -0.1) is 17.9 Å². The van der Waals surface area contributed by atoms with Gasteiger partial charge in [-0.1, -0.05) is 36.4 Å². The number of hydrogen-bond acceptors (Lipinski definition) is 3. The van der Waals surface area contributed by atoms with Crippen LogP contribution in [0.1, 0.15) is 20.0 Å². The van der Waals surface area contributed by atoms with Crippen molar-refractivity contribution in [3.63, 3.8) is 0 Å². The number of nitrogens with zero attached hydrogens (tertiary/aromatic N) is 1. The molecular weight excluding hydrogens is 344 g/mol. The van der Waals surface area contributed by atoms with Gasteiger partial charge in [0, 0.05) is 23.5 Å². The monoisotopic (exact) mass is 362 g/mol. The molecule has 0 saturated carbocycles. The third-order valence-electron chi connectivity index (χ3n) is 3.74. The van der Waals surface area contributed by atoms with Gasteiger partial charge >= 0.3 is 0 Å². The Kier molecular flexibility index (Phi) is 5.61. The summed E-state index contributed by atoms with van der Waals surface area (Å²) in [5, 5.41) is 4.68. The van der Waals surface area contributed by atoms with Crippen molar-refractivity contribution in [1.82, 2.24) is 0 Å². The molecule has 1 N–H and O–H groups in total. The second-order valence-electron chi connectivity index (χ2n) is 5.55. The lowest BCUT2D eigenvalue weighted by Gasteiger charge is -2.21. The smallest absolute Gasteiger partial charge is 0.265 e. The molecule has 26 heavy (non-hydrogen) atoms. The van der Waals surface area contributed by atoms with Gasteiger partial charge in [0.15, 0.2) is 0 Å². The van der Waals surface area contributed by atoms with Gasteiger partial charge in [-0.3, -0.25) is 9.59 Å². The maximum Gasteiger partial charge on any atom is 0.265 e. The number of thiophene rings is 1. The molecule has 0 fully saturated rings. The number of benzene rings is 2. The van der Waals surface area contributed by atoms with Gasteiger partial charge in [0.25, 0.3) is 11.8 Å². The molecule has 0 radical (unpaired) electrons. The number of para-hydroxylation sites is 1. The first-order valence-electron chi connectivity index (χ1n) is 8.12. The van der Waals surface area contributed by atoms with Crippen LogP contribution < -0.4 is 10.2 Å². The average molecular weight is 362 g/mol. The fourth-order valence-electron chi connectivity index (χ4n) is 2.53. The van der Waals surface area contributed by atoms with Crippen molar-refractivity contribution in [3.05, 3.63) is 95.2 Å². The fraction of sp³-hybridized carbons (Fsp3) is 0.0476. The molecule has 0 saturated heterocycles. The van der Waals surface area contributed by atoms with E-state index in [0.29, 0.717) is 22.7 Å². The molecule has 2 aromatic carbocycles. The Balaban J connectivity index is 1.82. The highest BCUT2D eigenvalue weighted by molar-refractivity contribution is 7.12. The van der Waals surface area contributed by atoms with Gasteiger partial charge in [-0.2, -0.15) is 0 Å². The summed E-state index contributed by atoms with van der Waals surface area (Å²) in [6, 6.07) is 20.0. The Morgan fingerprint density at radius 1 is 1.04 bits per heavy atom. The summed E-state index contributed by atoms with van der Waals surface area (Å²) in [7, 11) is 0. The van der Waals surface area contributed by atoms with E-state index in [9.17, 15) is 9.59 Å². The van der Waals surface area contributed by atoms with E-state index in [1.165, 1.54) is 11.3 Å². The second-order valence-corrected chi connectivity index (χ2v) is 6.50. The van der Waals surface area contributed by atoms with Crippen molar-refractivity contribution in [1.29, 1.82) is 0 Å². The number of amides is 2. The minimum absolute atomic E-state index is 0.150. The van der Waals surface area contributed by atoms with E-state index in [-0.39, 0.29) is 11.8 Å². The number of anilines is 2. The molecule has 3 aromatic rings. The molecule has 0 aliphatic rings. The summed E-state index contributed by atoms with van der Waals surface area (Å²) in [5.41, 5.74) is 1.88. The second kappa shape index (κ2) is 8.27. The minimum Gasteiger partial charge on any atom is -0.321 e. The summed E-state index contributed by atoms with van der Waals surface area (Å²) in [5.74, 6) is -0.334. The molecule has 0 unspecified atom stereocenters. The Morgan fingerprint density at radius 3 is 2.54 bits per heavy atom. The predicted molar refractivity (Wildman–Crippen MR) is 107 cm³/mol. The van der Waals surface area contributed by atoms with Gasteiger partial charge < -0.3 is 10.2 Å². The van der Waals surface area contributed by atoms with Gasteiger partial charge in [-0.05, 0) is 41.8 Å². The van der Waals surface area contributed by atoms with Crippen LogP contribution in [0.25, 0.3) is 0 Å². The average Bonchev–Trinajstić information content (AvgIpc) is 3.21. The lowest BCUT2D eigenvalue weighted by Crippen LogP contribution is -2.31. The number of carbonyl (C=O) groups is 2. The molecule has 0 bridgehead atoms. The fourth-order valence-corrected chi connectivity index (χ4v) is 3.15. The summed E-state index contributed by atoms with van der Waals surface area (Å²) >= 11 is 1.37. The first-order valence-corrected chi connectivity index (χ1v) is 9.00. The summed E-state index contributed by atoms with van der Waals surface area (Å²) in [4.78, 5) is 27.4. The molecule has 130 valence electrons. The first-order chi connectivity index (χ1) is 12.7. The van der Waals surface area contributed by atoms with E-state index in [1.54, 1.807) is 41.3 Å². The normalized spacial score (nSPS) is 10.2. The lowest BCUT2D eigenvalue weighted by atomic mass is 10.1. The zero-order valence-electron chi connectivity index (χ0n) is 14.1. The van der Waals surface area contributed by atoms with Crippen LogP contribution in [-0.4, -0.2) is 18.4 Å². The molecular formula is C21H18N2O2S. The summed E-state index contributed by atoms with van der Waals surface area (Å²) < 4.78 is 0. The van der Waals surface area contributed by atoms with Crippen molar-refractivity contribution in [2.75, 3.05) is 16.8 Å². The van der Waals surface area contributed by atoms with Crippen molar-refractivity contribution in [2.24, 2.45) is 0 Å². The Bertz CT molecular complexity index is 905. The van der Waals surface area contributed by atoms with Crippen LogP contribution in [0.5, 0.6) is 0 Å².